The summed E-state index contributed by atoms with van der Waals surface area (Å²) in [7, 11) is 0. The molecule has 0 aliphatic carbocycles. The van der Waals surface area contributed by atoms with Crippen LogP contribution in [0.25, 0.3) is 55.0 Å². The Labute approximate surface area is 225 Å². The summed E-state index contributed by atoms with van der Waals surface area (Å²) in [5, 5.41) is 4.50. The topological polar surface area (TPSA) is 29.5 Å². The number of hydrogen-bond donors (Lipinski definition) is 0. The molecule has 3 heteroatoms. The van der Waals surface area contributed by atoms with Crippen LogP contribution in [0.2, 0.25) is 0 Å². The van der Waals surface area contributed by atoms with Crippen LogP contribution in [0.1, 0.15) is 0 Å². The molecule has 184 valence electrons. The molecule has 0 N–H and O–H groups in total. The van der Waals surface area contributed by atoms with Gasteiger partial charge < -0.3 is 13.7 Å². The monoisotopic (exact) mass is 501 g/mol. The summed E-state index contributed by atoms with van der Waals surface area (Å²) in [5.74, 6) is 0. The van der Waals surface area contributed by atoms with Crippen molar-refractivity contribution in [3.05, 3.63) is 140 Å². The number of anilines is 3. The van der Waals surface area contributed by atoms with Crippen molar-refractivity contribution in [3.63, 3.8) is 0 Å². The molecule has 0 unspecified atom stereocenters. The molecule has 2 aromatic heterocycles. The first kappa shape index (κ1) is 21.8. The Kier molecular flexibility index (Phi) is 4.82. The lowest BCUT2D eigenvalue weighted by atomic mass is 10.0. The van der Waals surface area contributed by atoms with Crippen molar-refractivity contribution >= 4 is 60.9 Å². The second-order valence-corrected chi connectivity index (χ2v) is 9.78. The first-order valence-electron chi connectivity index (χ1n) is 13.1. The average Bonchev–Trinajstić information content (AvgIpc) is 3.57. The summed E-state index contributed by atoms with van der Waals surface area (Å²) in [6.07, 6.45) is 0. The molecule has 0 amide bonds. The zero-order chi connectivity index (χ0) is 25.8. The van der Waals surface area contributed by atoms with Crippen molar-refractivity contribution in [1.29, 1.82) is 0 Å². The Balaban J connectivity index is 1.27. The second-order valence-electron chi connectivity index (χ2n) is 9.78. The van der Waals surface area contributed by atoms with Gasteiger partial charge in [0.1, 0.15) is 22.3 Å². The van der Waals surface area contributed by atoms with Crippen LogP contribution in [-0.2, 0) is 0 Å². The molecular weight excluding hydrogens is 478 g/mol. The van der Waals surface area contributed by atoms with Crippen molar-refractivity contribution in [2.75, 3.05) is 4.90 Å². The third-order valence-electron chi connectivity index (χ3n) is 7.47. The van der Waals surface area contributed by atoms with Crippen LogP contribution in [0.5, 0.6) is 0 Å². The van der Waals surface area contributed by atoms with Gasteiger partial charge in [-0.3, -0.25) is 0 Å². The van der Waals surface area contributed by atoms with Crippen LogP contribution < -0.4 is 4.90 Å². The van der Waals surface area contributed by atoms with E-state index in [1.165, 1.54) is 0 Å². The van der Waals surface area contributed by atoms with E-state index in [4.69, 9.17) is 8.83 Å². The van der Waals surface area contributed by atoms with E-state index in [0.717, 1.165) is 72.1 Å². The zero-order valence-corrected chi connectivity index (χ0v) is 21.0. The van der Waals surface area contributed by atoms with Crippen LogP contribution in [0.15, 0.2) is 148 Å². The third-order valence-corrected chi connectivity index (χ3v) is 7.47. The summed E-state index contributed by atoms with van der Waals surface area (Å²) in [5.41, 5.74) is 9.18. The fraction of sp³-hybridized carbons (Fsp3) is 0. The Morgan fingerprint density at radius 3 is 1.79 bits per heavy atom. The lowest BCUT2D eigenvalue weighted by Crippen LogP contribution is -2.10. The lowest BCUT2D eigenvalue weighted by Gasteiger charge is -2.26. The number of hydrogen-bond acceptors (Lipinski definition) is 3. The molecule has 0 bridgehead atoms. The molecule has 0 radical (unpaired) electrons. The maximum Gasteiger partial charge on any atom is 0.137 e. The molecule has 0 atom stereocenters. The van der Waals surface area contributed by atoms with Gasteiger partial charge in [0.05, 0.1) is 11.1 Å². The van der Waals surface area contributed by atoms with Crippen LogP contribution in [0, 0.1) is 0 Å². The van der Waals surface area contributed by atoms with Crippen molar-refractivity contribution in [1.82, 2.24) is 0 Å². The highest BCUT2D eigenvalue weighted by molar-refractivity contribution is 6.13. The fourth-order valence-electron chi connectivity index (χ4n) is 5.66. The summed E-state index contributed by atoms with van der Waals surface area (Å²) < 4.78 is 12.3. The molecular formula is C36H23NO2. The van der Waals surface area contributed by atoms with E-state index < -0.39 is 0 Å². The van der Waals surface area contributed by atoms with Crippen molar-refractivity contribution in [3.8, 4) is 11.1 Å². The standard InChI is InChI=1S/C36H23NO2/c1-2-9-26(10-3-1)37(31-13-8-16-35-36(31)29-12-5-7-15-33(29)39-35)27-20-17-24(18-21-27)25-19-22-34-30(23-25)28-11-4-6-14-32(28)38-34/h1-23H. The highest BCUT2D eigenvalue weighted by atomic mass is 16.3. The molecule has 8 rings (SSSR count). The Morgan fingerprint density at radius 1 is 0.385 bits per heavy atom. The molecule has 39 heavy (non-hydrogen) atoms. The first-order valence-corrected chi connectivity index (χ1v) is 13.1. The van der Waals surface area contributed by atoms with Gasteiger partial charge in [0.2, 0.25) is 0 Å². The SMILES string of the molecule is c1ccc(N(c2ccc(-c3ccc4oc5ccccc5c4c3)cc2)c2cccc3oc4ccccc4c23)cc1. The summed E-state index contributed by atoms with van der Waals surface area (Å²) in [6, 6.07) is 48.4. The van der Waals surface area contributed by atoms with E-state index in [-0.39, 0.29) is 0 Å². The highest BCUT2D eigenvalue weighted by Gasteiger charge is 2.19. The van der Waals surface area contributed by atoms with E-state index >= 15 is 0 Å². The summed E-state index contributed by atoms with van der Waals surface area (Å²) >= 11 is 0. The minimum absolute atomic E-state index is 0.881. The van der Waals surface area contributed by atoms with E-state index in [0.29, 0.717) is 0 Å². The van der Waals surface area contributed by atoms with E-state index in [1.807, 2.05) is 36.4 Å². The predicted molar refractivity (Wildman–Crippen MR) is 161 cm³/mol. The molecule has 0 aliphatic heterocycles. The normalized spacial score (nSPS) is 11.6. The van der Waals surface area contributed by atoms with Gasteiger partial charge in [0.15, 0.2) is 0 Å². The lowest BCUT2D eigenvalue weighted by molar-refractivity contribution is 0.668. The minimum Gasteiger partial charge on any atom is -0.456 e. The fourth-order valence-corrected chi connectivity index (χ4v) is 5.66. The molecule has 0 fully saturated rings. The quantitative estimate of drug-likeness (QED) is 0.240. The van der Waals surface area contributed by atoms with Gasteiger partial charge in [0.25, 0.3) is 0 Å². The minimum atomic E-state index is 0.881. The van der Waals surface area contributed by atoms with Crippen LogP contribution in [-0.4, -0.2) is 0 Å². The second kappa shape index (κ2) is 8.64. The molecule has 0 aliphatic rings. The third kappa shape index (κ3) is 3.52. The smallest absolute Gasteiger partial charge is 0.137 e. The van der Waals surface area contributed by atoms with Gasteiger partial charge in [-0.05, 0) is 71.8 Å². The van der Waals surface area contributed by atoms with Gasteiger partial charge >= 0.3 is 0 Å². The van der Waals surface area contributed by atoms with Crippen LogP contribution in [0.4, 0.5) is 17.1 Å². The number of benzene rings is 6. The Bertz CT molecular complexity index is 2120. The van der Waals surface area contributed by atoms with Gasteiger partial charge in [-0.25, -0.2) is 0 Å². The van der Waals surface area contributed by atoms with Gasteiger partial charge in [-0.2, -0.15) is 0 Å². The largest absolute Gasteiger partial charge is 0.456 e. The maximum absolute atomic E-state index is 6.22. The molecule has 6 aromatic carbocycles. The number of para-hydroxylation sites is 3. The first-order chi connectivity index (χ1) is 19.3. The van der Waals surface area contributed by atoms with Crippen molar-refractivity contribution in [2.24, 2.45) is 0 Å². The maximum atomic E-state index is 6.22. The van der Waals surface area contributed by atoms with Crippen molar-refractivity contribution in [2.45, 2.75) is 0 Å². The highest BCUT2D eigenvalue weighted by Crippen LogP contribution is 2.43. The number of nitrogens with zero attached hydrogens (tertiary/aromatic N) is 1. The van der Waals surface area contributed by atoms with Gasteiger partial charge in [0, 0.05) is 27.5 Å². The number of fused-ring (bicyclic) bond motifs is 6. The zero-order valence-electron chi connectivity index (χ0n) is 21.0. The molecule has 0 saturated carbocycles. The predicted octanol–water partition coefficient (Wildman–Crippen LogP) is 10.6. The summed E-state index contributed by atoms with van der Waals surface area (Å²) in [6.45, 7) is 0. The molecule has 8 aromatic rings. The van der Waals surface area contributed by atoms with E-state index in [1.54, 1.807) is 0 Å². The van der Waals surface area contributed by atoms with E-state index in [2.05, 4.69) is 108 Å². The Hall–Kier alpha value is -5.28. The number of furan rings is 2. The molecule has 0 spiro atoms. The van der Waals surface area contributed by atoms with Gasteiger partial charge in [-0.1, -0.05) is 78.9 Å². The van der Waals surface area contributed by atoms with Crippen LogP contribution in [0.3, 0.4) is 0 Å². The van der Waals surface area contributed by atoms with Crippen LogP contribution >= 0.6 is 0 Å². The van der Waals surface area contributed by atoms with Gasteiger partial charge in [-0.15, -0.1) is 0 Å². The van der Waals surface area contributed by atoms with Crippen molar-refractivity contribution < 1.29 is 8.83 Å². The average molecular weight is 502 g/mol. The molecule has 0 saturated heterocycles. The molecule has 3 nitrogen and oxygen atoms in total. The summed E-state index contributed by atoms with van der Waals surface area (Å²) in [4.78, 5) is 2.31. The molecule has 2 heterocycles. The number of rotatable bonds is 4. The van der Waals surface area contributed by atoms with E-state index in [9.17, 15) is 0 Å². The Morgan fingerprint density at radius 2 is 0.974 bits per heavy atom.